The van der Waals surface area contributed by atoms with Crippen molar-refractivity contribution in [3.8, 4) is 11.5 Å². The van der Waals surface area contributed by atoms with Crippen molar-refractivity contribution in [1.29, 1.82) is 0 Å². The molecule has 1 aliphatic heterocycles. The summed E-state index contributed by atoms with van der Waals surface area (Å²) in [4.78, 5) is 16.7. The molecule has 144 valence electrons. The number of carbonyl (C=O) groups excluding carboxylic acids is 1. The molecule has 0 aromatic heterocycles. The van der Waals surface area contributed by atoms with Crippen LogP contribution in [0.4, 0.5) is 0 Å². The first-order valence-corrected chi connectivity index (χ1v) is 9.55. The van der Waals surface area contributed by atoms with Gasteiger partial charge in [0.15, 0.2) is 11.5 Å². The predicted octanol–water partition coefficient (Wildman–Crippen LogP) is 3.70. The lowest BCUT2D eigenvalue weighted by Gasteiger charge is -2.36. The minimum Gasteiger partial charge on any atom is -0.493 e. The Morgan fingerprint density at radius 2 is 1.96 bits per heavy atom. The van der Waals surface area contributed by atoms with E-state index in [9.17, 15) is 4.79 Å². The zero-order valence-corrected chi connectivity index (χ0v) is 16.9. The van der Waals surface area contributed by atoms with Crippen LogP contribution in [0.2, 0.25) is 5.02 Å². The lowest BCUT2D eigenvalue weighted by molar-refractivity contribution is -0.127. The molecular weight excluding hydrogens is 352 g/mol. The Morgan fingerprint density at radius 1 is 1.27 bits per heavy atom. The normalized spacial score (nSPS) is 15.7. The zero-order chi connectivity index (χ0) is 19.1. The summed E-state index contributed by atoms with van der Waals surface area (Å²) in [6, 6.07) is 4.14. The van der Waals surface area contributed by atoms with Gasteiger partial charge in [-0.05, 0) is 44.0 Å². The summed E-state index contributed by atoms with van der Waals surface area (Å²) in [5.41, 5.74) is 0.810. The van der Waals surface area contributed by atoms with E-state index in [1.54, 1.807) is 25.3 Å². The topological polar surface area (TPSA) is 42.0 Å². The highest BCUT2D eigenvalue weighted by molar-refractivity contribution is 6.32. The first-order chi connectivity index (χ1) is 12.5. The minimum absolute atomic E-state index is 0.0230. The molecule has 2 rings (SSSR count). The van der Waals surface area contributed by atoms with Crippen molar-refractivity contribution in [3.05, 3.63) is 28.8 Å². The second-order valence-corrected chi connectivity index (χ2v) is 7.08. The molecule has 0 spiro atoms. The number of methoxy groups -OCH3 is 1. The van der Waals surface area contributed by atoms with Crippen molar-refractivity contribution in [2.45, 2.75) is 33.2 Å². The van der Waals surface area contributed by atoms with Crippen LogP contribution >= 0.6 is 11.6 Å². The van der Waals surface area contributed by atoms with Gasteiger partial charge in [-0.15, -0.1) is 0 Å². The summed E-state index contributed by atoms with van der Waals surface area (Å²) in [7, 11) is 1.58. The van der Waals surface area contributed by atoms with E-state index in [1.165, 1.54) is 0 Å². The second kappa shape index (κ2) is 9.83. The van der Waals surface area contributed by atoms with Crippen molar-refractivity contribution in [2.24, 2.45) is 0 Å². The molecule has 1 fully saturated rings. The number of benzene rings is 1. The van der Waals surface area contributed by atoms with E-state index in [0.29, 0.717) is 29.2 Å². The summed E-state index contributed by atoms with van der Waals surface area (Å²) in [5, 5.41) is 0.482. The Kier molecular flexibility index (Phi) is 7.79. The fourth-order valence-corrected chi connectivity index (χ4v) is 3.19. The van der Waals surface area contributed by atoms with Gasteiger partial charge in [0.25, 0.3) is 0 Å². The number of hydrogen-bond acceptors (Lipinski definition) is 4. The molecule has 1 aromatic rings. The summed E-state index contributed by atoms with van der Waals surface area (Å²) in [6.45, 7) is 10.3. The molecule has 1 aromatic carbocycles. The van der Waals surface area contributed by atoms with E-state index in [-0.39, 0.29) is 5.91 Å². The molecule has 5 nitrogen and oxygen atoms in total. The van der Waals surface area contributed by atoms with Crippen molar-refractivity contribution in [2.75, 3.05) is 39.9 Å². The highest BCUT2D eigenvalue weighted by Gasteiger charge is 2.21. The molecule has 26 heavy (non-hydrogen) atoms. The SMILES string of the molecule is CCCOc1c(Cl)cc(/C=C/C(=O)N2CCN(C(C)C)CC2)cc1OC. The molecule has 1 amide bonds. The molecule has 0 unspecified atom stereocenters. The van der Waals surface area contributed by atoms with Crippen LogP contribution in [0.5, 0.6) is 11.5 Å². The van der Waals surface area contributed by atoms with E-state index in [2.05, 4.69) is 18.7 Å². The number of ether oxygens (including phenoxy) is 2. The van der Waals surface area contributed by atoms with Crippen LogP contribution in [0.15, 0.2) is 18.2 Å². The smallest absolute Gasteiger partial charge is 0.246 e. The lowest BCUT2D eigenvalue weighted by atomic mass is 10.1. The molecule has 6 heteroatoms. The van der Waals surface area contributed by atoms with Gasteiger partial charge in [0.2, 0.25) is 5.91 Å². The van der Waals surface area contributed by atoms with E-state index in [1.807, 2.05) is 17.9 Å². The van der Waals surface area contributed by atoms with Crippen LogP contribution in [0.25, 0.3) is 6.08 Å². The number of rotatable bonds is 7. The van der Waals surface area contributed by atoms with Gasteiger partial charge in [0.05, 0.1) is 18.7 Å². The minimum atomic E-state index is 0.0230. The van der Waals surface area contributed by atoms with Gasteiger partial charge in [-0.25, -0.2) is 0 Å². The number of piperazine rings is 1. The second-order valence-electron chi connectivity index (χ2n) is 6.67. The molecule has 0 radical (unpaired) electrons. The predicted molar refractivity (Wildman–Crippen MR) is 106 cm³/mol. The van der Waals surface area contributed by atoms with Gasteiger partial charge in [0, 0.05) is 38.3 Å². The fraction of sp³-hybridized carbons (Fsp3) is 0.550. The molecule has 0 aliphatic carbocycles. The molecule has 0 N–H and O–H groups in total. The molecule has 0 saturated carbocycles. The fourth-order valence-electron chi connectivity index (χ4n) is 2.91. The lowest BCUT2D eigenvalue weighted by Crippen LogP contribution is -2.50. The number of halogens is 1. The van der Waals surface area contributed by atoms with E-state index in [4.69, 9.17) is 21.1 Å². The van der Waals surface area contributed by atoms with Crippen LogP contribution in [0.3, 0.4) is 0 Å². The highest BCUT2D eigenvalue weighted by Crippen LogP contribution is 2.36. The molecule has 1 saturated heterocycles. The third-order valence-electron chi connectivity index (χ3n) is 4.48. The molecular formula is C20H29ClN2O3. The van der Waals surface area contributed by atoms with Crippen molar-refractivity contribution < 1.29 is 14.3 Å². The van der Waals surface area contributed by atoms with Crippen LogP contribution in [0.1, 0.15) is 32.8 Å². The van der Waals surface area contributed by atoms with Crippen molar-refractivity contribution in [3.63, 3.8) is 0 Å². The zero-order valence-electron chi connectivity index (χ0n) is 16.1. The maximum absolute atomic E-state index is 12.4. The van der Waals surface area contributed by atoms with Gasteiger partial charge >= 0.3 is 0 Å². The maximum Gasteiger partial charge on any atom is 0.246 e. The molecule has 0 atom stereocenters. The molecule has 0 bridgehead atoms. The standard InChI is InChI=1S/C20H29ClN2O3/c1-5-12-26-20-17(21)13-16(14-18(20)25-4)6-7-19(24)23-10-8-22(9-11-23)15(2)3/h6-7,13-15H,5,8-12H2,1-4H3/b7-6+. The van der Waals surface area contributed by atoms with Crippen LogP contribution in [0, 0.1) is 0 Å². The van der Waals surface area contributed by atoms with Gasteiger partial charge < -0.3 is 14.4 Å². The Morgan fingerprint density at radius 3 is 2.54 bits per heavy atom. The van der Waals surface area contributed by atoms with Gasteiger partial charge in [0.1, 0.15) is 0 Å². The van der Waals surface area contributed by atoms with Gasteiger partial charge in [-0.2, -0.15) is 0 Å². The average Bonchev–Trinajstić information content (AvgIpc) is 2.64. The summed E-state index contributed by atoms with van der Waals surface area (Å²) >= 11 is 6.32. The number of amides is 1. The van der Waals surface area contributed by atoms with E-state index >= 15 is 0 Å². The Hall–Kier alpha value is -1.72. The first kappa shape index (κ1) is 20.6. The van der Waals surface area contributed by atoms with Gasteiger partial charge in [-0.3, -0.25) is 9.69 Å². The highest BCUT2D eigenvalue weighted by atomic mass is 35.5. The van der Waals surface area contributed by atoms with E-state index < -0.39 is 0 Å². The van der Waals surface area contributed by atoms with Crippen molar-refractivity contribution >= 4 is 23.6 Å². The first-order valence-electron chi connectivity index (χ1n) is 9.17. The Balaban J connectivity index is 2.03. The monoisotopic (exact) mass is 380 g/mol. The Labute approximate surface area is 161 Å². The number of nitrogens with zero attached hydrogens (tertiary/aromatic N) is 2. The number of carbonyl (C=O) groups is 1. The molecule has 1 heterocycles. The quantitative estimate of drug-likeness (QED) is 0.676. The van der Waals surface area contributed by atoms with Crippen molar-refractivity contribution in [1.82, 2.24) is 9.80 Å². The average molecular weight is 381 g/mol. The third-order valence-corrected chi connectivity index (χ3v) is 4.76. The summed E-state index contributed by atoms with van der Waals surface area (Å²) in [5.74, 6) is 1.14. The van der Waals surface area contributed by atoms with Crippen LogP contribution in [-0.4, -0.2) is 61.6 Å². The number of hydrogen-bond donors (Lipinski definition) is 0. The summed E-state index contributed by atoms with van der Waals surface area (Å²) in [6.07, 6.45) is 4.26. The van der Waals surface area contributed by atoms with Gasteiger partial charge in [-0.1, -0.05) is 18.5 Å². The van der Waals surface area contributed by atoms with E-state index in [0.717, 1.165) is 38.2 Å². The Bertz CT molecular complexity index is 638. The van der Waals surface area contributed by atoms with Crippen LogP contribution < -0.4 is 9.47 Å². The van der Waals surface area contributed by atoms with Crippen LogP contribution in [-0.2, 0) is 4.79 Å². The molecule has 1 aliphatic rings. The maximum atomic E-state index is 12.4. The largest absolute Gasteiger partial charge is 0.493 e. The summed E-state index contributed by atoms with van der Waals surface area (Å²) < 4.78 is 11.0. The third kappa shape index (κ3) is 5.39.